The van der Waals surface area contributed by atoms with E-state index in [1.165, 1.54) is 34.1 Å². The number of carbonyl (C=O) groups excluding carboxylic acids is 1. The molecule has 1 N–H and O–H groups in total. The minimum Gasteiger partial charge on any atom is -0.493 e. The summed E-state index contributed by atoms with van der Waals surface area (Å²) in [4.78, 5) is 17.0. The quantitative estimate of drug-likeness (QED) is 0.274. The van der Waals surface area contributed by atoms with Crippen molar-refractivity contribution in [1.82, 2.24) is 4.98 Å². The van der Waals surface area contributed by atoms with Crippen molar-refractivity contribution in [3.05, 3.63) is 99.9 Å². The highest BCUT2D eigenvalue weighted by Gasteiger charge is 2.09. The van der Waals surface area contributed by atoms with Gasteiger partial charge in [-0.2, -0.15) is 0 Å². The molecule has 0 bridgehead atoms. The molecule has 1 heterocycles. The summed E-state index contributed by atoms with van der Waals surface area (Å²) in [7, 11) is 1.60. The van der Waals surface area contributed by atoms with Crippen molar-refractivity contribution >= 4 is 28.5 Å². The second-order valence-corrected chi connectivity index (χ2v) is 9.14. The van der Waals surface area contributed by atoms with E-state index in [4.69, 9.17) is 9.47 Å². The molecule has 178 valence electrons. The highest BCUT2D eigenvalue weighted by molar-refractivity contribution is 7.14. The number of rotatable bonds is 8. The van der Waals surface area contributed by atoms with Gasteiger partial charge in [-0.05, 0) is 72.9 Å². The van der Waals surface area contributed by atoms with Crippen LogP contribution in [0.2, 0.25) is 0 Å². The Morgan fingerprint density at radius 3 is 2.57 bits per heavy atom. The van der Waals surface area contributed by atoms with Gasteiger partial charge in [0.2, 0.25) is 5.91 Å². The molecular weight excluding hydrogens is 456 g/mol. The molecule has 4 aromatic rings. The number of hydrogen-bond donors (Lipinski definition) is 1. The van der Waals surface area contributed by atoms with Gasteiger partial charge in [0, 0.05) is 17.0 Å². The second kappa shape index (κ2) is 11.0. The first-order chi connectivity index (χ1) is 16.9. The van der Waals surface area contributed by atoms with E-state index in [0.29, 0.717) is 23.2 Å². The van der Waals surface area contributed by atoms with Crippen LogP contribution in [-0.4, -0.2) is 18.0 Å². The van der Waals surface area contributed by atoms with Gasteiger partial charge in [0.1, 0.15) is 6.61 Å². The van der Waals surface area contributed by atoms with Crippen molar-refractivity contribution in [3.63, 3.8) is 0 Å². The lowest BCUT2D eigenvalue weighted by atomic mass is 10.1. The Morgan fingerprint density at radius 2 is 1.80 bits per heavy atom. The van der Waals surface area contributed by atoms with Gasteiger partial charge in [0.25, 0.3) is 0 Å². The average molecular weight is 485 g/mol. The molecule has 4 rings (SSSR count). The van der Waals surface area contributed by atoms with E-state index in [9.17, 15) is 4.79 Å². The van der Waals surface area contributed by atoms with Gasteiger partial charge < -0.3 is 9.47 Å². The molecule has 1 aromatic heterocycles. The van der Waals surface area contributed by atoms with Crippen molar-refractivity contribution in [3.8, 4) is 22.8 Å². The normalized spacial score (nSPS) is 11.0. The van der Waals surface area contributed by atoms with Crippen LogP contribution in [0.15, 0.2) is 72.1 Å². The molecule has 0 aliphatic rings. The minimum absolute atomic E-state index is 0.246. The molecule has 0 saturated heterocycles. The lowest BCUT2D eigenvalue weighted by Gasteiger charge is -2.12. The zero-order chi connectivity index (χ0) is 24.8. The molecule has 0 fully saturated rings. The molecule has 0 aliphatic carbocycles. The van der Waals surface area contributed by atoms with Crippen LogP contribution in [0.4, 0.5) is 5.13 Å². The second-order valence-electron chi connectivity index (χ2n) is 8.28. The van der Waals surface area contributed by atoms with Gasteiger partial charge in [-0.15, -0.1) is 11.3 Å². The Hall–Kier alpha value is -3.90. The maximum absolute atomic E-state index is 12.5. The molecule has 0 aliphatic heterocycles. The van der Waals surface area contributed by atoms with Crippen LogP contribution in [0.1, 0.15) is 27.8 Å². The molecule has 0 spiro atoms. The third kappa shape index (κ3) is 6.16. The Bertz CT molecular complexity index is 1370. The lowest BCUT2D eigenvalue weighted by molar-refractivity contribution is -0.111. The summed E-state index contributed by atoms with van der Waals surface area (Å²) in [6.45, 7) is 6.68. The number of hydrogen-bond acceptors (Lipinski definition) is 5. The van der Waals surface area contributed by atoms with Gasteiger partial charge in [-0.25, -0.2) is 4.98 Å². The molecule has 0 radical (unpaired) electrons. The molecule has 6 heteroatoms. The van der Waals surface area contributed by atoms with E-state index in [1.54, 1.807) is 13.2 Å². The summed E-state index contributed by atoms with van der Waals surface area (Å²) in [5.74, 6) is 1.02. The number of carbonyl (C=O) groups is 1. The highest BCUT2D eigenvalue weighted by Crippen LogP contribution is 2.30. The molecule has 35 heavy (non-hydrogen) atoms. The minimum atomic E-state index is -0.246. The molecular formula is C29H28N2O3S. The van der Waals surface area contributed by atoms with Crippen molar-refractivity contribution in [2.45, 2.75) is 27.4 Å². The Balaban J connectivity index is 1.38. The largest absolute Gasteiger partial charge is 0.493 e. The van der Waals surface area contributed by atoms with Crippen LogP contribution >= 0.6 is 11.3 Å². The van der Waals surface area contributed by atoms with E-state index in [0.717, 1.165) is 22.4 Å². The third-order valence-corrected chi connectivity index (χ3v) is 6.55. The summed E-state index contributed by atoms with van der Waals surface area (Å²) in [5.41, 5.74) is 7.48. The van der Waals surface area contributed by atoms with Crippen molar-refractivity contribution in [1.29, 1.82) is 0 Å². The van der Waals surface area contributed by atoms with Gasteiger partial charge in [0.05, 0.1) is 12.8 Å². The van der Waals surface area contributed by atoms with Gasteiger partial charge >= 0.3 is 0 Å². The van der Waals surface area contributed by atoms with Crippen LogP contribution in [0.25, 0.3) is 17.3 Å². The number of ether oxygens (including phenoxy) is 2. The number of aromatic nitrogens is 1. The third-order valence-electron chi connectivity index (χ3n) is 5.80. The first-order valence-corrected chi connectivity index (χ1v) is 12.2. The number of amides is 1. The molecule has 0 atom stereocenters. The highest BCUT2D eigenvalue weighted by atomic mass is 32.1. The topological polar surface area (TPSA) is 60.5 Å². The fraction of sp³-hybridized carbons (Fsp3) is 0.172. The number of nitrogens with zero attached hydrogens (tertiary/aromatic N) is 1. The first kappa shape index (κ1) is 24.2. The Labute approximate surface area is 210 Å². The number of benzene rings is 3. The predicted molar refractivity (Wildman–Crippen MR) is 143 cm³/mol. The van der Waals surface area contributed by atoms with Crippen molar-refractivity contribution in [2.75, 3.05) is 12.4 Å². The van der Waals surface area contributed by atoms with E-state index < -0.39 is 0 Å². The number of anilines is 1. The monoisotopic (exact) mass is 484 g/mol. The molecule has 0 unspecified atom stereocenters. The van der Waals surface area contributed by atoms with Gasteiger partial charge in [-0.3, -0.25) is 10.1 Å². The summed E-state index contributed by atoms with van der Waals surface area (Å²) >= 11 is 1.40. The zero-order valence-corrected chi connectivity index (χ0v) is 21.1. The summed E-state index contributed by atoms with van der Waals surface area (Å²) < 4.78 is 11.5. The van der Waals surface area contributed by atoms with Crippen LogP contribution in [0.5, 0.6) is 11.5 Å². The number of methoxy groups -OCH3 is 1. The maximum atomic E-state index is 12.5. The Kier molecular flexibility index (Phi) is 7.63. The molecule has 0 saturated carbocycles. The smallest absolute Gasteiger partial charge is 0.250 e. The van der Waals surface area contributed by atoms with Crippen LogP contribution in [0, 0.1) is 20.8 Å². The summed E-state index contributed by atoms with van der Waals surface area (Å²) in [6, 6.07) is 19.9. The zero-order valence-electron chi connectivity index (χ0n) is 20.3. The van der Waals surface area contributed by atoms with E-state index in [1.807, 2.05) is 47.8 Å². The number of thiazole rings is 1. The first-order valence-electron chi connectivity index (χ1n) is 11.3. The van der Waals surface area contributed by atoms with Gasteiger partial charge in [0.15, 0.2) is 16.6 Å². The predicted octanol–water partition coefficient (Wildman–Crippen LogP) is 6.97. The summed E-state index contributed by atoms with van der Waals surface area (Å²) in [6.07, 6.45) is 3.22. The van der Waals surface area contributed by atoms with E-state index >= 15 is 0 Å². The molecule has 3 aromatic carbocycles. The van der Waals surface area contributed by atoms with Crippen LogP contribution in [0.3, 0.4) is 0 Å². The molecule has 1 amide bonds. The number of nitrogens with one attached hydrogen (secondary N) is 1. The lowest BCUT2D eigenvalue weighted by Crippen LogP contribution is -2.07. The van der Waals surface area contributed by atoms with Gasteiger partial charge in [-0.1, -0.05) is 42.5 Å². The Morgan fingerprint density at radius 1 is 0.971 bits per heavy atom. The average Bonchev–Trinajstić information content (AvgIpc) is 3.32. The standard InChI is InChI=1S/C29H28N2O3S/c1-19-9-12-23(15-21(19)3)25-18-35-29(30-25)31-28(32)14-11-22-10-13-26(27(16-22)33-4)34-17-24-8-6-5-7-20(24)2/h5-16,18H,17H2,1-4H3,(H,30,31,32). The van der Waals surface area contributed by atoms with Crippen LogP contribution < -0.4 is 14.8 Å². The maximum Gasteiger partial charge on any atom is 0.250 e. The fourth-order valence-electron chi connectivity index (χ4n) is 3.52. The fourth-order valence-corrected chi connectivity index (χ4v) is 4.24. The summed E-state index contributed by atoms with van der Waals surface area (Å²) in [5, 5.41) is 5.35. The van der Waals surface area contributed by atoms with Crippen LogP contribution in [-0.2, 0) is 11.4 Å². The SMILES string of the molecule is COc1cc(C=CC(=O)Nc2nc(-c3ccc(C)c(C)c3)cs2)ccc1OCc1ccccc1C. The van der Waals surface area contributed by atoms with Crippen molar-refractivity contribution in [2.24, 2.45) is 0 Å². The van der Waals surface area contributed by atoms with Crippen molar-refractivity contribution < 1.29 is 14.3 Å². The van der Waals surface area contributed by atoms with E-state index in [-0.39, 0.29) is 5.91 Å². The number of aryl methyl sites for hydroxylation is 3. The van der Waals surface area contributed by atoms with E-state index in [2.05, 4.69) is 49.3 Å². The molecule has 5 nitrogen and oxygen atoms in total.